The molecule has 0 unspecified atom stereocenters. The summed E-state index contributed by atoms with van der Waals surface area (Å²) in [5.41, 5.74) is 1.88. The zero-order valence-electron chi connectivity index (χ0n) is 21.2. The number of hydrogen-bond acceptors (Lipinski definition) is 5. The van der Waals surface area contributed by atoms with Gasteiger partial charge in [0.2, 0.25) is 5.43 Å². The van der Waals surface area contributed by atoms with E-state index in [9.17, 15) is 14.7 Å². The van der Waals surface area contributed by atoms with E-state index in [4.69, 9.17) is 0 Å². The molecule has 0 saturated heterocycles. The minimum absolute atomic E-state index is 0.00319. The van der Waals surface area contributed by atoms with Gasteiger partial charge in [0.15, 0.2) is 5.82 Å². The van der Waals surface area contributed by atoms with Crippen molar-refractivity contribution in [2.75, 3.05) is 23.7 Å². The van der Waals surface area contributed by atoms with Gasteiger partial charge in [-0.15, -0.1) is 0 Å². The Bertz CT molecular complexity index is 1510. The highest BCUT2D eigenvalue weighted by atomic mass is 19.1. The van der Waals surface area contributed by atoms with E-state index >= 15 is 4.39 Å². The van der Waals surface area contributed by atoms with Gasteiger partial charge in [0, 0.05) is 44.3 Å². The molecule has 1 aliphatic rings. The first-order valence-electron chi connectivity index (χ1n) is 12.9. The van der Waals surface area contributed by atoms with Gasteiger partial charge in [-0.3, -0.25) is 4.79 Å². The quantitative estimate of drug-likeness (QED) is 0.210. The van der Waals surface area contributed by atoms with Crippen LogP contribution in [-0.4, -0.2) is 34.8 Å². The number of carbonyl (C=O) groups is 1. The minimum atomic E-state index is -1.34. The summed E-state index contributed by atoms with van der Waals surface area (Å²) >= 11 is 0. The van der Waals surface area contributed by atoms with Crippen molar-refractivity contribution < 1.29 is 14.3 Å². The van der Waals surface area contributed by atoms with Crippen molar-refractivity contribution in [3.63, 3.8) is 0 Å². The van der Waals surface area contributed by atoms with Gasteiger partial charge in [-0.05, 0) is 30.5 Å². The average Bonchev–Trinajstić information content (AvgIpc) is 3.72. The second-order valence-corrected chi connectivity index (χ2v) is 9.55. The number of carboxylic acid groups (broad SMARTS) is 1. The second-order valence-electron chi connectivity index (χ2n) is 9.55. The highest BCUT2D eigenvalue weighted by molar-refractivity contribution is 6.00. The van der Waals surface area contributed by atoms with E-state index in [2.05, 4.69) is 28.1 Å². The molecule has 1 heterocycles. The zero-order chi connectivity index (χ0) is 26.6. The summed E-state index contributed by atoms with van der Waals surface area (Å²) in [5, 5.41) is 19.4. The highest BCUT2D eigenvalue weighted by Crippen LogP contribution is 2.40. The van der Waals surface area contributed by atoms with Crippen LogP contribution in [0.4, 0.5) is 15.8 Å². The third-order valence-electron chi connectivity index (χ3n) is 7.06. The first-order chi connectivity index (χ1) is 18.5. The summed E-state index contributed by atoms with van der Waals surface area (Å²) in [6.45, 7) is 3.69. The third-order valence-corrected chi connectivity index (χ3v) is 7.06. The maximum absolute atomic E-state index is 15.9. The number of rotatable bonds is 11. The van der Waals surface area contributed by atoms with Crippen molar-refractivity contribution in [1.29, 1.82) is 0 Å². The normalized spacial score (nSPS) is 16.4. The van der Waals surface area contributed by atoms with Crippen LogP contribution >= 0.6 is 0 Å². The summed E-state index contributed by atoms with van der Waals surface area (Å²) in [5.74, 6) is -1.44. The Morgan fingerprint density at radius 3 is 2.45 bits per heavy atom. The van der Waals surface area contributed by atoms with E-state index in [0.717, 1.165) is 12.0 Å². The number of carboxylic acids is 1. The molecule has 4 aromatic rings. The van der Waals surface area contributed by atoms with Gasteiger partial charge in [0.1, 0.15) is 5.56 Å². The van der Waals surface area contributed by atoms with Gasteiger partial charge in [-0.1, -0.05) is 60.7 Å². The van der Waals surface area contributed by atoms with Crippen molar-refractivity contribution >= 4 is 28.2 Å². The van der Waals surface area contributed by atoms with Crippen LogP contribution in [0.3, 0.4) is 0 Å². The third kappa shape index (κ3) is 5.26. The summed E-state index contributed by atoms with van der Waals surface area (Å²) < 4.78 is 17.6. The van der Waals surface area contributed by atoms with Gasteiger partial charge >= 0.3 is 5.97 Å². The van der Waals surface area contributed by atoms with Crippen molar-refractivity contribution in [2.24, 2.45) is 0 Å². The Labute approximate surface area is 220 Å². The molecule has 5 rings (SSSR count). The lowest BCUT2D eigenvalue weighted by atomic mass is 10.1. The zero-order valence-corrected chi connectivity index (χ0v) is 21.2. The van der Waals surface area contributed by atoms with Crippen LogP contribution in [0, 0.1) is 5.82 Å². The number of aryl methyl sites for hydroxylation is 1. The van der Waals surface area contributed by atoms with E-state index in [1.165, 1.54) is 11.8 Å². The number of anilines is 2. The second kappa shape index (κ2) is 11.1. The molecule has 0 aliphatic heterocycles. The Balaban J connectivity index is 1.40. The molecule has 0 spiro atoms. The summed E-state index contributed by atoms with van der Waals surface area (Å²) in [6.07, 6.45) is 2.41. The predicted molar refractivity (Wildman–Crippen MR) is 149 cm³/mol. The minimum Gasteiger partial charge on any atom is -0.477 e. The van der Waals surface area contributed by atoms with E-state index in [0.29, 0.717) is 37.1 Å². The Morgan fingerprint density at radius 1 is 1.05 bits per heavy atom. The van der Waals surface area contributed by atoms with Crippen LogP contribution in [0.2, 0.25) is 0 Å². The Morgan fingerprint density at radius 2 is 1.76 bits per heavy atom. The maximum Gasteiger partial charge on any atom is 0.341 e. The molecule has 196 valence electrons. The number of aromatic carboxylic acids is 1. The average molecular weight is 515 g/mol. The molecule has 0 radical (unpaired) electrons. The molecule has 0 amide bonds. The van der Waals surface area contributed by atoms with Gasteiger partial charge in [-0.2, -0.15) is 0 Å². The van der Waals surface area contributed by atoms with Crippen LogP contribution < -0.4 is 21.4 Å². The largest absolute Gasteiger partial charge is 0.477 e. The van der Waals surface area contributed by atoms with Gasteiger partial charge in [-0.25, -0.2) is 9.18 Å². The van der Waals surface area contributed by atoms with Crippen LogP contribution in [0.5, 0.6) is 0 Å². The Hall–Kier alpha value is -4.17. The SMILES string of the molecule is CCn1cc(C(=O)O)c(=O)c2c(NCc3ccccc3)c(F)c(NCCN[C@@H]3C[C@H]3c3ccccc3)cc21. The van der Waals surface area contributed by atoms with Crippen molar-refractivity contribution in [3.05, 3.63) is 106 Å². The van der Waals surface area contributed by atoms with Crippen LogP contribution in [0.1, 0.15) is 40.7 Å². The van der Waals surface area contributed by atoms with Crippen LogP contribution in [-0.2, 0) is 13.1 Å². The number of pyridine rings is 1. The molecular weight excluding hydrogens is 483 g/mol. The lowest BCUT2D eigenvalue weighted by Crippen LogP contribution is -2.26. The van der Waals surface area contributed by atoms with Crippen LogP contribution in [0.25, 0.3) is 10.9 Å². The first-order valence-corrected chi connectivity index (χ1v) is 12.9. The molecule has 8 heteroatoms. The maximum atomic E-state index is 15.9. The summed E-state index contributed by atoms with van der Waals surface area (Å²) in [6, 6.07) is 21.8. The fraction of sp³-hybridized carbons (Fsp3) is 0.267. The lowest BCUT2D eigenvalue weighted by molar-refractivity contribution is 0.0695. The number of nitrogens with zero attached hydrogens (tertiary/aromatic N) is 1. The van der Waals surface area contributed by atoms with Gasteiger partial charge in [0.25, 0.3) is 0 Å². The van der Waals surface area contributed by atoms with E-state index in [1.54, 1.807) is 10.6 Å². The number of benzene rings is 3. The molecule has 1 aromatic heterocycles. The molecule has 4 N–H and O–H groups in total. The monoisotopic (exact) mass is 514 g/mol. The van der Waals surface area contributed by atoms with Crippen molar-refractivity contribution in [2.45, 2.75) is 38.4 Å². The molecule has 1 saturated carbocycles. The standard InChI is InChI=1S/C30H31FN4O3/c1-2-35-18-22(30(37)38)29(36)26-25(35)16-24(27(31)28(26)34-17-19-9-5-3-6-10-19)33-14-13-32-23-15-21(23)20-11-7-4-8-12-20/h3-12,16,18,21,23,32-34H,2,13-15,17H2,1H3,(H,37,38)/t21-,23+/m0/s1. The van der Waals surface area contributed by atoms with Crippen molar-refractivity contribution in [3.8, 4) is 0 Å². The number of aromatic nitrogens is 1. The Kier molecular flexibility index (Phi) is 7.42. The fourth-order valence-corrected chi connectivity index (χ4v) is 4.96. The first kappa shape index (κ1) is 25.5. The number of nitrogens with one attached hydrogen (secondary N) is 3. The molecule has 3 aromatic carbocycles. The number of halogens is 1. The number of hydrogen-bond donors (Lipinski definition) is 4. The molecule has 38 heavy (non-hydrogen) atoms. The predicted octanol–water partition coefficient (Wildman–Crippen LogP) is 5.03. The molecule has 1 fully saturated rings. The topological polar surface area (TPSA) is 95.4 Å². The van der Waals surface area contributed by atoms with E-state index in [1.807, 2.05) is 55.5 Å². The molecule has 7 nitrogen and oxygen atoms in total. The number of fused-ring (bicyclic) bond motifs is 1. The summed E-state index contributed by atoms with van der Waals surface area (Å²) in [7, 11) is 0. The lowest BCUT2D eigenvalue weighted by Gasteiger charge is -2.19. The molecular formula is C30H31FN4O3. The van der Waals surface area contributed by atoms with Crippen molar-refractivity contribution in [1.82, 2.24) is 9.88 Å². The van der Waals surface area contributed by atoms with E-state index < -0.39 is 17.2 Å². The summed E-state index contributed by atoms with van der Waals surface area (Å²) in [4.78, 5) is 25.0. The molecule has 2 atom stereocenters. The smallest absolute Gasteiger partial charge is 0.341 e. The highest BCUT2D eigenvalue weighted by Gasteiger charge is 2.37. The van der Waals surface area contributed by atoms with Crippen LogP contribution in [0.15, 0.2) is 77.7 Å². The van der Waals surface area contributed by atoms with Gasteiger partial charge in [0.05, 0.1) is 22.3 Å². The fourth-order valence-electron chi connectivity index (χ4n) is 4.96. The molecule has 1 aliphatic carbocycles. The van der Waals surface area contributed by atoms with E-state index in [-0.39, 0.29) is 28.9 Å². The van der Waals surface area contributed by atoms with Gasteiger partial charge < -0.3 is 25.6 Å². The molecule has 0 bridgehead atoms.